The van der Waals surface area contributed by atoms with E-state index in [9.17, 15) is 14.4 Å². The smallest absolute Gasteiger partial charge is 0.290 e. The number of carbonyl (C=O) groups excluding carboxylic acids is 2. The third-order valence-corrected chi connectivity index (χ3v) is 6.00. The van der Waals surface area contributed by atoms with Gasteiger partial charge in [-0.25, -0.2) is 0 Å². The van der Waals surface area contributed by atoms with Crippen LogP contribution in [0.3, 0.4) is 0 Å². The van der Waals surface area contributed by atoms with Crippen LogP contribution >= 0.6 is 0 Å². The van der Waals surface area contributed by atoms with E-state index in [-0.39, 0.29) is 48.0 Å². The van der Waals surface area contributed by atoms with Crippen LogP contribution < -0.4 is 5.43 Å². The monoisotopic (exact) mass is 426 g/mol. The van der Waals surface area contributed by atoms with Crippen molar-refractivity contribution >= 4 is 18.3 Å². The lowest BCUT2D eigenvalue weighted by Crippen LogP contribution is -2.49. The molecule has 1 aromatic heterocycles. The van der Waals surface area contributed by atoms with Gasteiger partial charge in [0, 0.05) is 25.1 Å². The van der Waals surface area contributed by atoms with Crippen LogP contribution in [0.5, 0.6) is 0 Å². The maximum atomic E-state index is 13.0. The molecule has 3 fully saturated rings. The Labute approximate surface area is 177 Å². The number of carbonyl (C=O) groups is 3. The maximum Gasteiger partial charge on any atom is 0.290 e. The Balaban J connectivity index is 0.000000730. The second-order valence-electron chi connectivity index (χ2n) is 7.69. The van der Waals surface area contributed by atoms with E-state index in [2.05, 4.69) is 0 Å². The highest BCUT2D eigenvalue weighted by molar-refractivity contribution is 5.93. The van der Waals surface area contributed by atoms with Crippen molar-refractivity contribution in [2.24, 2.45) is 0 Å². The summed E-state index contributed by atoms with van der Waals surface area (Å²) in [6, 6.07) is 11.8. The Kier molecular flexibility index (Phi) is 5.36. The number of aryl methyl sites for hydroxylation is 1. The molecule has 2 amide bonds. The first kappa shape index (κ1) is 20.8. The van der Waals surface area contributed by atoms with E-state index < -0.39 is 5.72 Å². The maximum absolute atomic E-state index is 13.0. The number of hydrogen-bond donors (Lipinski definition) is 1. The van der Waals surface area contributed by atoms with Crippen LogP contribution in [0.25, 0.3) is 0 Å². The summed E-state index contributed by atoms with van der Waals surface area (Å²) in [5, 5.41) is 6.89. The fourth-order valence-corrected chi connectivity index (χ4v) is 4.86. The first-order valence-corrected chi connectivity index (χ1v) is 9.93. The van der Waals surface area contributed by atoms with Gasteiger partial charge in [0.1, 0.15) is 5.76 Å². The standard InChI is InChI=1S/C21H20N2O5.CH2O2/c1-13-9-15(24)10-17(28-13)20(26)22-8-7-21-18(22)11-19(25)23(21)16(12-27-21)14-5-3-2-4-6-14;2-1-3/h2-6,9-10,16,18H,7-8,11-12H2,1H3;1H,(H,2,3)/t16-,18+,21-;/m0./s1. The third kappa shape index (κ3) is 3.40. The molecule has 3 aliphatic heterocycles. The summed E-state index contributed by atoms with van der Waals surface area (Å²) in [5.41, 5.74) is -0.0357. The highest BCUT2D eigenvalue weighted by Gasteiger charge is 2.65. The quantitative estimate of drug-likeness (QED) is 0.724. The molecule has 0 radical (unpaired) electrons. The van der Waals surface area contributed by atoms with Crippen molar-refractivity contribution in [3.05, 3.63) is 69.8 Å². The fraction of sp³-hybridized carbons (Fsp3) is 0.364. The predicted octanol–water partition coefficient (Wildman–Crippen LogP) is 1.56. The van der Waals surface area contributed by atoms with Crippen LogP contribution in [0.2, 0.25) is 0 Å². The van der Waals surface area contributed by atoms with Gasteiger partial charge in [-0.3, -0.25) is 19.2 Å². The lowest BCUT2D eigenvalue weighted by atomic mass is 10.0. The Morgan fingerprint density at radius 2 is 1.94 bits per heavy atom. The van der Waals surface area contributed by atoms with E-state index in [1.165, 1.54) is 12.1 Å². The molecule has 3 aliphatic rings. The highest BCUT2D eigenvalue weighted by atomic mass is 16.5. The molecular formula is C22H22N2O7. The molecule has 9 nitrogen and oxygen atoms in total. The summed E-state index contributed by atoms with van der Waals surface area (Å²) in [4.78, 5) is 49.5. The zero-order valence-electron chi connectivity index (χ0n) is 16.9. The lowest BCUT2D eigenvalue weighted by Gasteiger charge is -2.33. The molecule has 0 bridgehead atoms. The summed E-state index contributed by atoms with van der Waals surface area (Å²) in [6.07, 6.45) is 0.764. The molecule has 1 aromatic carbocycles. The predicted molar refractivity (Wildman–Crippen MR) is 107 cm³/mol. The Hall–Kier alpha value is -3.46. The van der Waals surface area contributed by atoms with Gasteiger partial charge < -0.3 is 24.1 Å². The van der Waals surface area contributed by atoms with Gasteiger partial charge >= 0.3 is 0 Å². The second kappa shape index (κ2) is 7.99. The number of benzene rings is 1. The van der Waals surface area contributed by atoms with Crippen molar-refractivity contribution in [1.82, 2.24) is 9.80 Å². The normalized spacial score (nSPS) is 26.2. The second-order valence-corrected chi connectivity index (χ2v) is 7.69. The van der Waals surface area contributed by atoms with Crippen LogP contribution in [0.15, 0.2) is 51.7 Å². The minimum absolute atomic E-state index is 0.00514. The van der Waals surface area contributed by atoms with Crippen LogP contribution in [0, 0.1) is 6.92 Å². The minimum atomic E-state index is -0.794. The third-order valence-electron chi connectivity index (χ3n) is 6.00. The first-order valence-electron chi connectivity index (χ1n) is 9.93. The van der Waals surface area contributed by atoms with E-state index in [1.54, 1.807) is 11.8 Å². The van der Waals surface area contributed by atoms with E-state index >= 15 is 0 Å². The summed E-state index contributed by atoms with van der Waals surface area (Å²) in [5.74, 6) is 0.00401. The van der Waals surface area contributed by atoms with Crippen molar-refractivity contribution < 1.29 is 28.6 Å². The van der Waals surface area contributed by atoms with Crippen molar-refractivity contribution in [3.63, 3.8) is 0 Å². The van der Waals surface area contributed by atoms with Crippen molar-refractivity contribution in [2.45, 2.75) is 37.6 Å². The van der Waals surface area contributed by atoms with Gasteiger partial charge in [-0.1, -0.05) is 30.3 Å². The van der Waals surface area contributed by atoms with Gasteiger partial charge in [0.15, 0.2) is 16.9 Å². The molecule has 3 atom stereocenters. The molecule has 1 spiro atoms. The van der Waals surface area contributed by atoms with Crippen LogP contribution in [-0.2, 0) is 14.3 Å². The number of carboxylic acid groups (broad SMARTS) is 1. The molecule has 0 unspecified atom stereocenters. The Morgan fingerprint density at radius 1 is 1.23 bits per heavy atom. The zero-order valence-corrected chi connectivity index (χ0v) is 16.9. The molecule has 5 rings (SSSR count). The van der Waals surface area contributed by atoms with Gasteiger partial charge in [-0.15, -0.1) is 0 Å². The topological polar surface area (TPSA) is 117 Å². The van der Waals surface area contributed by atoms with Gasteiger partial charge in [-0.2, -0.15) is 0 Å². The molecule has 31 heavy (non-hydrogen) atoms. The van der Waals surface area contributed by atoms with Gasteiger partial charge in [0.25, 0.3) is 12.4 Å². The van der Waals surface area contributed by atoms with Crippen molar-refractivity contribution in [2.75, 3.05) is 13.2 Å². The van der Waals surface area contributed by atoms with E-state index in [0.717, 1.165) is 5.56 Å². The Morgan fingerprint density at radius 3 is 2.61 bits per heavy atom. The molecule has 0 aliphatic carbocycles. The lowest BCUT2D eigenvalue weighted by molar-refractivity contribution is -0.138. The fourth-order valence-electron chi connectivity index (χ4n) is 4.86. The highest BCUT2D eigenvalue weighted by Crippen LogP contribution is 2.51. The SMILES string of the molecule is Cc1cc(=O)cc(C(=O)N2CC[C@@]34OC[C@@H](c5ccccc5)N3C(=O)C[C@@H]24)o1.O=CO. The molecular weight excluding hydrogens is 404 g/mol. The van der Waals surface area contributed by atoms with Crippen LogP contribution in [0.4, 0.5) is 0 Å². The van der Waals surface area contributed by atoms with E-state index in [0.29, 0.717) is 25.3 Å². The molecule has 0 saturated carbocycles. The molecule has 3 saturated heterocycles. The number of hydrogen-bond acceptors (Lipinski definition) is 6. The first-order chi connectivity index (χ1) is 14.9. The van der Waals surface area contributed by atoms with Crippen LogP contribution in [-0.4, -0.2) is 58.1 Å². The zero-order chi connectivity index (χ0) is 22.2. The summed E-state index contributed by atoms with van der Waals surface area (Å²) in [7, 11) is 0. The molecule has 4 heterocycles. The summed E-state index contributed by atoms with van der Waals surface area (Å²) in [6.45, 7) is 2.25. The summed E-state index contributed by atoms with van der Waals surface area (Å²) < 4.78 is 11.7. The number of rotatable bonds is 2. The molecule has 9 heteroatoms. The van der Waals surface area contributed by atoms with E-state index in [1.807, 2.05) is 35.2 Å². The van der Waals surface area contributed by atoms with E-state index in [4.69, 9.17) is 19.1 Å². The minimum Gasteiger partial charge on any atom is -0.483 e. The van der Waals surface area contributed by atoms with Gasteiger partial charge in [0.05, 0.1) is 25.1 Å². The Bertz CT molecular complexity index is 1070. The van der Waals surface area contributed by atoms with Gasteiger partial charge in [0.2, 0.25) is 5.91 Å². The van der Waals surface area contributed by atoms with Gasteiger partial charge in [-0.05, 0) is 12.5 Å². The number of nitrogens with zero attached hydrogens (tertiary/aromatic N) is 2. The number of likely N-dealkylation sites (tertiary alicyclic amines) is 1. The molecule has 2 aromatic rings. The number of ether oxygens (including phenoxy) is 1. The van der Waals surface area contributed by atoms with Crippen LogP contribution in [0.1, 0.15) is 40.8 Å². The largest absolute Gasteiger partial charge is 0.483 e. The average molecular weight is 426 g/mol. The average Bonchev–Trinajstić information content (AvgIpc) is 3.37. The number of amides is 2. The van der Waals surface area contributed by atoms with Crippen molar-refractivity contribution in [3.8, 4) is 0 Å². The molecule has 162 valence electrons. The molecule has 1 N–H and O–H groups in total. The van der Waals surface area contributed by atoms with Crippen molar-refractivity contribution in [1.29, 1.82) is 0 Å². The summed E-state index contributed by atoms with van der Waals surface area (Å²) >= 11 is 0.